The van der Waals surface area contributed by atoms with E-state index in [9.17, 15) is 5.11 Å². The molecule has 1 atom stereocenters. The lowest BCUT2D eigenvalue weighted by molar-refractivity contribution is -0.0174. The number of aliphatic hydroxyl groups excluding tert-OH is 1. The van der Waals surface area contributed by atoms with Gasteiger partial charge in [-0.2, -0.15) is 5.26 Å². The number of hydrogen-bond acceptors (Lipinski definition) is 6. The van der Waals surface area contributed by atoms with Crippen LogP contribution in [0.2, 0.25) is 0 Å². The number of likely N-dealkylation sites (N-methyl/N-ethyl adjacent to an activating group) is 1. The van der Waals surface area contributed by atoms with E-state index in [0.717, 1.165) is 0 Å². The average molecular weight is 336 g/mol. The van der Waals surface area contributed by atoms with E-state index < -0.39 is 6.10 Å². The van der Waals surface area contributed by atoms with Crippen LogP contribution in [-0.2, 0) is 9.47 Å². The van der Waals surface area contributed by atoms with Crippen LogP contribution in [0.3, 0.4) is 0 Å². The van der Waals surface area contributed by atoms with Crippen molar-refractivity contribution in [2.75, 3.05) is 46.6 Å². The molecule has 0 aromatic heterocycles. The SMILES string of the molecule is CC(C)OCCOCC(O)CN(C)CCOc1ccccc1C#N. The van der Waals surface area contributed by atoms with Crippen LogP contribution in [0.1, 0.15) is 19.4 Å². The van der Waals surface area contributed by atoms with Crippen molar-refractivity contribution >= 4 is 0 Å². The van der Waals surface area contributed by atoms with Gasteiger partial charge in [-0.3, -0.25) is 0 Å². The number of rotatable bonds is 12. The van der Waals surface area contributed by atoms with Gasteiger partial charge in [-0.25, -0.2) is 0 Å². The maximum atomic E-state index is 9.94. The minimum absolute atomic E-state index is 0.191. The molecule has 6 nitrogen and oxygen atoms in total. The van der Waals surface area contributed by atoms with E-state index >= 15 is 0 Å². The number of hydrogen-bond donors (Lipinski definition) is 1. The molecule has 0 aliphatic heterocycles. The molecule has 0 saturated heterocycles. The highest BCUT2D eigenvalue weighted by atomic mass is 16.5. The first kappa shape index (κ1) is 20.4. The summed E-state index contributed by atoms with van der Waals surface area (Å²) >= 11 is 0. The van der Waals surface area contributed by atoms with Crippen LogP contribution in [0.5, 0.6) is 5.75 Å². The van der Waals surface area contributed by atoms with E-state index in [2.05, 4.69) is 6.07 Å². The first-order valence-electron chi connectivity index (χ1n) is 8.20. The van der Waals surface area contributed by atoms with E-state index in [0.29, 0.717) is 44.2 Å². The molecule has 134 valence electrons. The van der Waals surface area contributed by atoms with Crippen molar-refractivity contribution in [3.63, 3.8) is 0 Å². The van der Waals surface area contributed by atoms with Gasteiger partial charge >= 0.3 is 0 Å². The van der Waals surface area contributed by atoms with E-state index in [1.165, 1.54) is 0 Å². The van der Waals surface area contributed by atoms with Crippen LogP contribution in [0, 0.1) is 11.3 Å². The van der Waals surface area contributed by atoms with Crippen molar-refractivity contribution in [2.45, 2.75) is 26.1 Å². The minimum Gasteiger partial charge on any atom is -0.491 e. The lowest BCUT2D eigenvalue weighted by Gasteiger charge is -2.21. The Kier molecular flexibility index (Phi) is 10.0. The van der Waals surface area contributed by atoms with Crippen LogP contribution in [-0.4, -0.2) is 68.8 Å². The van der Waals surface area contributed by atoms with Crippen molar-refractivity contribution in [1.82, 2.24) is 4.90 Å². The van der Waals surface area contributed by atoms with Crippen molar-refractivity contribution in [3.05, 3.63) is 29.8 Å². The standard InChI is InChI=1S/C18H28N2O4/c1-15(2)23-11-10-22-14-17(21)13-20(3)8-9-24-18-7-5-4-6-16(18)12-19/h4-7,15,17,21H,8-11,13-14H2,1-3H3. The molecule has 1 rings (SSSR count). The van der Waals surface area contributed by atoms with Crippen molar-refractivity contribution in [2.24, 2.45) is 0 Å². The second-order valence-electron chi connectivity index (χ2n) is 5.87. The van der Waals surface area contributed by atoms with E-state index in [4.69, 9.17) is 19.5 Å². The number of nitrogens with zero attached hydrogens (tertiary/aromatic N) is 2. The Morgan fingerprint density at radius 1 is 1.21 bits per heavy atom. The van der Waals surface area contributed by atoms with Gasteiger partial charge in [0.25, 0.3) is 0 Å². The predicted octanol–water partition coefficient (Wildman–Crippen LogP) is 1.67. The smallest absolute Gasteiger partial charge is 0.137 e. The Morgan fingerprint density at radius 3 is 2.67 bits per heavy atom. The summed E-state index contributed by atoms with van der Waals surface area (Å²) in [6.45, 7) is 6.83. The second-order valence-corrected chi connectivity index (χ2v) is 5.87. The highest BCUT2D eigenvalue weighted by molar-refractivity contribution is 5.42. The van der Waals surface area contributed by atoms with Gasteiger partial charge in [-0.1, -0.05) is 12.1 Å². The molecule has 0 aliphatic rings. The molecule has 0 radical (unpaired) electrons. The fourth-order valence-electron chi connectivity index (χ4n) is 2.06. The Hall–Kier alpha value is -1.65. The van der Waals surface area contributed by atoms with Gasteiger partial charge in [0.2, 0.25) is 0 Å². The number of para-hydroxylation sites is 1. The molecule has 0 heterocycles. The summed E-state index contributed by atoms with van der Waals surface area (Å²) < 4.78 is 16.4. The number of ether oxygens (including phenoxy) is 3. The number of nitriles is 1. The molecule has 1 N–H and O–H groups in total. The van der Waals surface area contributed by atoms with Crippen LogP contribution >= 0.6 is 0 Å². The zero-order valence-corrected chi connectivity index (χ0v) is 14.8. The van der Waals surface area contributed by atoms with Crippen molar-refractivity contribution in [1.29, 1.82) is 5.26 Å². The van der Waals surface area contributed by atoms with Gasteiger partial charge in [-0.05, 0) is 33.0 Å². The predicted molar refractivity (Wildman–Crippen MR) is 92.1 cm³/mol. The third-order valence-corrected chi connectivity index (χ3v) is 3.25. The fourth-order valence-corrected chi connectivity index (χ4v) is 2.06. The summed E-state index contributed by atoms with van der Waals surface area (Å²) in [4.78, 5) is 1.97. The average Bonchev–Trinajstić information content (AvgIpc) is 2.54. The topological polar surface area (TPSA) is 74.9 Å². The van der Waals surface area contributed by atoms with Crippen LogP contribution in [0.4, 0.5) is 0 Å². The van der Waals surface area contributed by atoms with Crippen LogP contribution < -0.4 is 4.74 Å². The third-order valence-electron chi connectivity index (χ3n) is 3.25. The Morgan fingerprint density at radius 2 is 1.96 bits per heavy atom. The number of benzene rings is 1. The highest BCUT2D eigenvalue weighted by Gasteiger charge is 2.09. The lowest BCUT2D eigenvalue weighted by atomic mass is 10.2. The maximum Gasteiger partial charge on any atom is 0.137 e. The molecule has 1 unspecified atom stereocenters. The lowest BCUT2D eigenvalue weighted by Crippen LogP contribution is -2.35. The molecule has 0 saturated carbocycles. The molecule has 0 aliphatic carbocycles. The highest BCUT2D eigenvalue weighted by Crippen LogP contribution is 2.16. The molecule has 0 bridgehead atoms. The van der Waals surface area contributed by atoms with Crippen molar-refractivity contribution < 1.29 is 19.3 Å². The Bertz CT molecular complexity index is 502. The first-order valence-corrected chi connectivity index (χ1v) is 8.20. The normalized spacial score (nSPS) is 12.4. The van der Waals surface area contributed by atoms with E-state index in [-0.39, 0.29) is 12.7 Å². The Labute approximate surface area is 144 Å². The molecular weight excluding hydrogens is 308 g/mol. The quantitative estimate of drug-likeness (QED) is 0.585. The molecule has 0 spiro atoms. The fraction of sp³-hybridized carbons (Fsp3) is 0.611. The van der Waals surface area contributed by atoms with Gasteiger partial charge in [-0.15, -0.1) is 0 Å². The second kappa shape index (κ2) is 11.8. The summed E-state index contributed by atoms with van der Waals surface area (Å²) in [5.74, 6) is 0.586. The van der Waals surface area contributed by atoms with Crippen molar-refractivity contribution in [3.8, 4) is 11.8 Å². The Balaban J connectivity index is 2.15. The van der Waals surface area contributed by atoms with Gasteiger partial charge in [0, 0.05) is 13.1 Å². The first-order chi connectivity index (χ1) is 11.5. The summed E-state index contributed by atoms with van der Waals surface area (Å²) in [6.07, 6.45) is -0.365. The zero-order chi connectivity index (χ0) is 17.8. The van der Waals surface area contributed by atoms with Gasteiger partial charge in [0.1, 0.15) is 18.4 Å². The van der Waals surface area contributed by atoms with Crippen LogP contribution in [0.25, 0.3) is 0 Å². The van der Waals surface area contributed by atoms with Gasteiger partial charge in [0.15, 0.2) is 0 Å². The summed E-state index contributed by atoms with van der Waals surface area (Å²) in [7, 11) is 1.91. The molecule has 6 heteroatoms. The summed E-state index contributed by atoms with van der Waals surface area (Å²) in [5.41, 5.74) is 0.525. The van der Waals surface area contributed by atoms with E-state index in [1.54, 1.807) is 18.2 Å². The molecular formula is C18H28N2O4. The molecule has 0 amide bonds. The monoisotopic (exact) mass is 336 g/mol. The minimum atomic E-state index is -0.555. The molecule has 0 fully saturated rings. The molecule has 1 aromatic rings. The molecule has 1 aromatic carbocycles. The number of aliphatic hydroxyl groups is 1. The maximum absolute atomic E-state index is 9.94. The van der Waals surface area contributed by atoms with E-state index in [1.807, 2.05) is 31.9 Å². The van der Waals surface area contributed by atoms with Gasteiger partial charge in [0.05, 0.1) is 37.6 Å². The van der Waals surface area contributed by atoms with Gasteiger partial charge < -0.3 is 24.2 Å². The molecule has 24 heavy (non-hydrogen) atoms. The third kappa shape index (κ3) is 8.85. The summed E-state index contributed by atoms with van der Waals surface area (Å²) in [6, 6.07) is 9.25. The summed E-state index contributed by atoms with van der Waals surface area (Å²) in [5, 5.41) is 18.9. The zero-order valence-electron chi connectivity index (χ0n) is 14.8. The van der Waals surface area contributed by atoms with Crippen LogP contribution in [0.15, 0.2) is 24.3 Å². The largest absolute Gasteiger partial charge is 0.491 e.